The third-order valence-corrected chi connectivity index (χ3v) is 2.58. The van der Waals surface area contributed by atoms with E-state index in [1.165, 1.54) is 0 Å². The summed E-state index contributed by atoms with van der Waals surface area (Å²) in [6, 6.07) is 7.42. The molecule has 0 atom stereocenters. The average Bonchev–Trinajstić information content (AvgIpc) is 2.18. The van der Waals surface area contributed by atoms with Crippen LogP contribution in [0, 0.1) is 0 Å². The first-order valence-electron chi connectivity index (χ1n) is 3.81. The normalized spacial score (nSPS) is 10.2. The SMILES string of the molecule is O=Cc1c(Br)ccc2ncccc12. The number of nitrogens with zero attached hydrogens (tertiary/aromatic N) is 1. The molecule has 0 spiro atoms. The van der Waals surface area contributed by atoms with E-state index in [1.54, 1.807) is 6.20 Å². The Morgan fingerprint density at radius 2 is 2.15 bits per heavy atom. The fourth-order valence-electron chi connectivity index (χ4n) is 1.27. The highest BCUT2D eigenvalue weighted by molar-refractivity contribution is 9.10. The van der Waals surface area contributed by atoms with Crippen molar-refractivity contribution >= 4 is 33.1 Å². The first kappa shape index (κ1) is 8.38. The zero-order chi connectivity index (χ0) is 9.26. The molecule has 1 aromatic heterocycles. The molecule has 0 fully saturated rings. The van der Waals surface area contributed by atoms with E-state index in [4.69, 9.17) is 0 Å². The summed E-state index contributed by atoms with van der Waals surface area (Å²) in [7, 11) is 0. The van der Waals surface area contributed by atoms with E-state index >= 15 is 0 Å². The number of fused-ring (bicyclic) bond motifs is 1. The van der Waals surface area contributed by atoms with Crippen LogP contribution in [-0.2, 0) is 0 Å². The number of aromatic nitrogens is 1. The summed E-state index contributed by atoms with van der Waals surface area (Å²) >= 11 is 3.32. The maximum Gasteiger partial charge on any atom is 0.151 e. The average molecular weight is 236 g/mol. The van der Waals surface area contributed by atoms with Crippen LogP contribution in [0.25, 0.3) is 10.9 Å². The Hall–Kier alpha value is -1.22. The summed E-state index contributed by atoms with van der Waals surface area (Å²) < 4.78 is 0.808. The van der Waals surface area contributed by atoms with Crippen LogP contribution in [0.3, 0.4) is 0 Å². The number of carbonyl (C=O) groups is 1. The maximum atomic E-state index is 10.8. The summed E-state index contributed by atoms with van der Waals surface area (Å²) in [6.45, 7) is 0. The summed E-state index contributed by atoms with van der Waals surface area (Å²) in [5.41, 5.74) is 1.50. The lowest BCUT2D eigenvalue weighted by molar-refractivity contribution is 0.112. The Morgan fingerprint density at radius 3 is 2.92 bits per heavy atom. The molecule has 0 bridgehead atoms. The zero-order valence-corrected chi connectivity index (χ0v) is 8.28. The van der Waals surface area contributed by atoms with Gasteiger partial charge in [0.15, 0.2) is 6.29 Å². The van der Waals surface area contributed by atoms with Gasteiger partial charge < -0.3 is 0 Å². The van der Waals surface area contributed by atoms with Gasteiger partial charge in [0, 0.05) is 21.6 Å². The molecule has 0 aliphatic heterocycles. The van der Waals surface area contributed by atoms with Crippen molar-refractivity contribution < 1.29 is 4.79 Å². The van der Waals surface area contributed by atoms with Crippen molar-refractivity contribution in [3.05, 3.63) is 40.5 Å². The van der Waals surface area contributed by atoms with Crippen LogP contribution in [0.5, 0.6) is 0 Å². The van der Waals surface area contributed by atoms with Gasteiger partial charge in [0.25, 0.3) is 0 Å². The van der Waals surface area contributed by atoms with E-state index in [2.05, 4.69) is 20.9 Å². The summed E-state index contributed by atoms with van der Waals surface area (Å²) in [4.78, 5) is 14.9. The fourth-order valence-corrected chi connectivity index (χ4v) is 1.71. The van der Waals surface area contributed by atoms with Crippen molar-refractivity contribution in [3.63, 3.8) is 0 Å². The predicted molar refractivity (Wildman–Crippen MR) is 54.8 cm³/mol. The minimum atomic E-state index is 0.658. The Balaban J connectivity index is 2.91. The first-order valence-corrected chi connectivity index (χ1v) is 4.60. The number of carbonyl (C=O) groups excluding carboxylic acids is 1. The van der Waals surface area contributed by atoms with Crippen LogP contribution in [0.4, 0.5) is 0 Å². The van der Waals surface area contributed by atoms with Gasteiger partial charge in [-0.1, -0.05) is 22.0 Å². The predicted octanol–water partition coefficient (Wildman–Crippen LogP) is 2.81. The van der Waals surface area contributed by atoms with Crippen molar-refractivity contribution in [2.75, 3.05) is 0 Å². The van der Waals surface area contributed by atoms with Gasteiger partial charge in [-0.3, -0.25) is 9.78 Å². The van der Waals surface area contributed by atoms with Gasteiger partial charge in [0.05, 0.1) is 5.52 Å². The van der Waals surface area contributed by atoms with Crippen molar-refractivity contribution in [3.8, 4) is 0 Å². The molecule has 0 amide bonds. The minimum absolute atomic E-state index is 0.658. The third kappa shape index (κ3) is 1.35. The molecule has 0 N–H and O–H groups in total. The molecule has 64 valence electrons. The number of rotatable bonds is 1. The molecule has 0 unspecified atom stereocenters. The topological polar surface area (TPSA) is 30.0 Å². The molecule has 2 rings (SSSR count). The van der Waals surface area contributed by atoms with Crippen LogP contribution in [0.15, 0.2) is 34.9 Å². The molecule has 0 aliphatic carbocycles. The lowest BCUT2D eigenvalue weighted by Gasteiger charge is -2.01. The van der Waals surface area contributed by atoms with E-state index < -0.39 is 0 Å². The molecule has 2 aromatic rings. The highest BCUT2D eigenvalue weighted by atomic mass is 79.9. The number of pyridine rings is 1. The highest BCUT2D eigenvalue weighted by Gasteiger charge is 2.03. The van der Waals surface area contributed by atoms with Gasteiger partial charge in [-0.25, -0.2) is 0 Å². The van der Waals surface area contributed by atoms with Crippen molar-refractivity contribution in [2.24, 2.45) is 0 Å². The van der Waals surface area contributed by atoms with Crippen LogP contribution < -0.4 is 0 Å². The lowest BCUT2D eigenvalue weighted by Crippen LogP contribution is -1.86. The first-order chi connectivity index (χ1) is 6.33. The van der Waals surface area contributed by atoms with Gasteiger partial charge in [-0.2, -0.15) is 0 Å². The third-order valence-electron chi connectivity index (χ3n) is 1.89. The second-order valence-corrected chi connectivity index (χ2v) is 3.50. The molecule has 3 heteroatoms. The number of aldehydes is 1. The van der Waals surface area contributed by atoms with E-state index in [0.29, 0.717) is 5.56 Å². The monoisotopic (exact) mass is 235 g/mol. The summed E-state index contributed by atoms with van der Waals surface area (Å²) in [6.07, 6.45) is 2.55. The van der Waals surface area contributed by atoms with E-state index in [0.717, 1.165) is 21.7 Å². The van der Waals surface area contributed by atoms with E-state index in [-0.39, 0.29) is 0 Å². The molecule has 2 nitrogen and oxygen atoms in total. The Labute approximate surface area is 83.7 Å². The number of hydrogen-bond donors (Lipinski definition) is 0. The summed E-state index contributed by atoms with van der Waals surface area (Å²) in [5.74, 6) is 0. The van der Waals surface area contributed by atoms with Crippen LogP contribution in [0.1, 0.15) is 10.4 Å². The molecule has 1 aromatic carbocycles. The van der Waals surface area contributed by atoms with Crippen LogP contribution in [-0.4, -0.2) is 11.3 Å². The summed E-state index contributed by atoms with van der Waals surface area (Å²) in [5, 5.41) is 0.881. The zero-order valence-electron chi connectivity index (χ0n) is 6.70. The maximum absolute atomic E-state index is 10.8. The van der Waals surface area contributed by atoms with E-state index in [1.807, 2.05) is 24.3 Å². The molecule has 0 saturated heterocycles. The second-order valence-electron chi connectivity index (χ2n) is 2.65. The smallest absolute Gasteiger partial charge is 0.151 e. The van der Waals surface area contributed by atoms with Gasteiger partial charge in [0.2, 0.25) is 0 Å². The molecule has 1 heterocycles. The number of halogens is 1. The highest BCUT2D eigenvalue weighted by Crippen LogP contribution is 2.23. The van der Waals surface area contributed by atoms with Crippen LogP contribution in [0.2, 0.25) is 0 Å². The Bertz CT molecular complexity index is 467. The Kier molecular flexibility index (Phi) is 2.10. The molecular formula is C10H6BrNO. The van der Waals surface area contributed by atoms with Gasteiger partial charge in [-0.05, 0) is 18.2 Å². The van der Waals surface area contributed by atoms with Crippen LogP contribution >= 0.6 is 15.9 Å². The lowest BCUT2D eigenvalue weighted by atomic mass is 10.1. The van der Waals surface area contributed by atoms with Gasteiger partial charge >= 0.3 is 0 Å². The van der Waals surface area contributed by atoms with Crippen molar-refractivity contribution in [1.82, 2.24) is 4.98 Å². The molecular weight excluding hydrogens is 230 g/mol. The van der Waals surface area contributed by atoms with Crippen molar-refractivity contribution in [2.45, 2.75) is 0 Å². The molecule has 13 heavy (non-hydrogen) atoms. The Morgan fingerprint density at radius 1 is 1.31 bits per heavy atom. The molecule has 0 radical (unpaired) electrons. The van der Waals surface area contributed by atoms with E-state index in [9.17, 15) is 4.79 Å². The number of hydrogen-bond acceptors (Lipinski definition) is 2. The molecule has 0 aliphatic rings. The largest absolute Gasteiger partial charge is 0.298 e. The molecule has 0 saturated carbocycles. The second kappa shape index (κ2) is 3.26. The van der Waals surface area contributed by atoms with Gasteiger partial charge in [-0.15, -0.1) is 0 Å². The standard InChI is InChI=1S/C10H6BrNO/c11-9-3-4-10-7(8(9)6-13)2-1-5-12-10/h1-6H. The fraction of sp³-hybridized carbons (Fsp3) is 0. The van der Waals surface area contributed by atoms with Gasteiger partial charge in [0.1, 0.15) is 0 Å². The quantitative estimate of drug-likeness (QED) is 0.712. The minimum Gasteiger partial charge on any atom is -0.298 e. The number of benzene rings is 1. The van der Waals surface area contributed by atoms with Crippen molar-refractivity contribution in [1.29, 1.82) is 0 Å².